The molecule has 1 heterocycles. The Morgan fingerprint density at radius 1 is 1.40 bits per heavy atom. The van der Waals surface area contributed by atoms with Crippen molar-refractivity contribution in [3.05, 3.63) is 18.0 Å². The molecule has 0 amide bonds. The van der Waals surface area contributed by atoms with E-state index in [1.807, 2.05) is 25.9 Å². The molecule has 0 saturated heterocycles. The summed E-state index contributed by atoms with van der Waals surface area (Å²) in [6.07, 6.45) is 3.23. The molecule has 1 rings (SSSR count). The highest BCUT2D eigenvalue weighted by Gasteiger charge is 2.17. The average Bonchev–Trinajstić information content (AvgIpc) is 2.79. The van der Waals surface area contributed by atoms with E-state index in [1.54, 1.807) is 10.8 Å². The van der Waals surface area contributed by atoms with E-state index in [0.29, 0.717) is 18.8 Å². The summed E-state index contributed by atoms with van der Waals surface area (Å²) in [5.41, 5.74) is 0.625. The Morgan fingerprint density at radius 2 is 2.10 bits per heavy atom. The Labute approximate surface area is 121 Å². The quantitative estimate of drug-likeness (QED) is 0.656. The van der Waals surface area contributed by atoms with E-state index in [9.17, 15) is 13.5 Å². The van der Waals surface area contributed by atoms with Gasteiger partial charge in [0.2, 0.25) is 10.0 Å². The maximum Gasteiger partial charge on any atom is 0.242 e. The summed E-state index contributed by atoms with van der Waals surface area (Å²) in [7, 11) is 0.414. The highest BCUT2D eigenvalue weighted by Crippen LogP contribution is 2.15. The van der Waals surface area contributed by atoms with Gasteiger partial charge in [-0.2, -0.15) is 0 Å². The SMILES string of the molecule is CCCn1cc(S(=O)(=O)NCCCN(C)C)cc1CO. The van der Waals surface area contributed by atoms with Gasteiger partial charge in [-0.25, -0.2) is 13.1 Å². The zero-order valence-corrected chi connectivity index (χ0v) is 13.3. The molecule has 0 aromatic carbocycles. The maximum absolute atomic E-state index is 12.1. The largest absolute Gasteiger partial charge is 0.390 e. The predicted molar refractivity (Wildman–Crippen MR) is 79.0 cm³/mol. The molecule has 0 aliphatic carbocycles. The monoisotopic (exact) mass is 303 g/mol. The lowest BCUT2D eigenvalue weighted by Gasteiger charge is -2.09. The summed E-state index contributed by atoms with van der Waals surface area (Å²) in [6.45, 7) is 3.80. The topological polar surface area (TPSA) is 74.6 Å². The predicted octanol–water partition coefficient (Wildman–Crippen LogP) is 0.620. The summed E-state index contributed by atoms with van der Waals surface area (Å²) >= 11 is 0. The number of aliphatic hydroxyl groups is 1. The minimum absolute atomic E-state index is 0.157. The van der Waals surface area contributed by atoms with Crippen LogP contribution in [0.3, 0.4) is 0 Å². The van der Waals surface area contributed by atoms with E-state index < -0.39 is 10.0 Å². The van der Waals surface area contributed by atoms with Gasteiger partial charge in [0, 0.05) is 25.0 Å². The van der Waals surface area contributed by atoms with Crippen LogP contribution in [0.4, 0.5) is 0 Å². The standard InChI is InChI=1S/C13H25N3O3S/c1-4-7-16-10-13(9-12(16)11-17)20(18,19)14-6-5-8-15(2)3/h9-10,14,17H,4-8,11H2,1-3H3. The summed E-state index contributed by atoms with van der Waals surface area (Å²) in [6, 6.07) is 1.53. The Balaban J connectivity index is 2.71. The molecular formula is C13H25N3O3S. The van der Waals surface area contributed by atoms with Gasteiger partial charge in [0.05, 0.1) is 11.5 Å². The second-order valence-electron chi connectivity index (χ2n) is 5.07. The van der Waals surface area contributed by atoms with Gasteiger partial charge in [0.15, 0.2) is 0 Å². The third-order valence-corrected chi connectivity index (χ3v) is 4.40. The van der Waals surface area contributed by atoms with E-state index in [4.69, 9.17) is 0 Å². The number of nitrogens with zero attached hydrogens (tertiary/aromatic N) is 2. The fraction of sp³-hybridized carbons (Fsp3) is 0.692. The van der Waals surface area contributed by atoms with Gasteiger partial charge < -0.3 is 14.6 Å². The molecule has 7 heteroatoms. The molecule has 0 saturated carbocycles. The van der Waals surface area contributed by atoms with Crippen molar-refractivity contribution in [2.75, 3.05) is 27.2 Å². The number of hydrogen-bond donors (Lipinski definition) is 2. The lowest BCUT2D eigenvalue weighted by Crippen LogP contribution is -2.27. The van der Waals surface area contributed by atoms with E-state index in [2.05, 4.69) is 4.72 Å². The highest BCUT2D eigenvalue weighted by molar-refractivity contribution is 7.89. The van der Waals surface area contributed by atoms with Crippen LogP contribution < -0.4 is 4.72 Å². The summed E-state index contributed by atoms with van der Waals surface area (Å²) in [4.78, 5) is 2.23. The summed E-state index contributed by atoms with van der Waals surface area (Å²) in [5.74, 6) is 0. The molecule has 1 aromatic rings. The Bertz CT molecular complexity index is 509. The van der Waals surface area contributed by atoms with Crippen molar-refractivity contribution in [1.82, 2.24) is 14.2 Å². The first kappa shape index (κ1) is 17.2. The van der Waals surface area contributed by atoms with Crippen LogP contribution in [0.25, 0.3) is 0 Å². The first-order valence-electron chi connectivity index (χ1n) is 6.85. The molecule has 0 bridgehead atoms. The van der Waals surface area contributed by atoms with Crippen molar-refractivity contribution in [2.45, 2.75) is 37.8 Å². The Morgan fingerprint density at radius 3 is 2.65 bits per heavy atom. The van der Waals surface area contributed by atoms with Crippen molar-refractivity contribution < 1.29 is 13.5 Å². The fourth-order valence-corrected chi connectivity index (χ4v) is 3.08. The number of sulfonamides is 1. The van der Waals surface area contributed by atoms with Gasteiger partial charge in [-0.15, -0.1) is 0 Å². The molecule has 0 atom stereocenters. The molecule has 0 spiro atoms. The van der Waals surface area contributed by atoms with Crippen LogP contribution >= 0.6 is 0 Å². The minimum Gasteiger partial charge on any atom is -0.390 e. The second kappa shape index (κ2) is 7.78. The third-order valence-electron chi connectivity index (χ3n) is 2.97. The Hall–Kier alpha value is -0.890. The average molecular weight is 303 g/mol. The zero-order chi connectivity index (χ0) is 15.2. The number of aromatic nitrogens is 1. The zero-order valence-electron chi connectivity index (χ0n) is 12.5. The van der Waals surface area contributed by atoms with Gasteiger partial charge in [-0.3, -0.25) is 0 Å². The lowest BCUT2D eigenvalue weighted by molar-refractivity contribution is 0.270. The van der Waals surface area contributed by atoms with Crippen LogP contribution in [0, 0.1) is 0 Å². The molecular weight excluding hydrogens is 278 g/mol. The molecule has 0 aliphatic heterocycles. The second-order valence-corrected chi connectivity index (χ2v) is 6.84. The van der Waals surface area contributed by atoms with Gasteiger partial charge in [-0.05, 0) is 39.5 Å². The van der Waals surface area contributed by atoms with Crippen LogP contribution in [-0.2, 0) is 23.2 Å². The van der Waals surface area contributed by atoms with E-state index in [1.165, 1.54) is 6.07 Å². The van der Waals surface area contributed by atoms with Crippen LogP contribution in [0.1, 0.15) is 25.5 Å². The van der Waals surface area contributed by atoms with Gasteiger partial charge in [-0.1, -0.05) is 6.92 Å². The third kappa shape index (κ3) is 4.90. The van der Waals surface area contributed by atoms with Crippen molar-refractivity contribution >= 4 is 10.0 Å². The molecule has 2 N–H and O–H groups in total. The van der Waals surface area contributed by atoms with E-state index in [0.717, 1.165) is 19.4 Å². The first-order chi connectivity index (χ1) is 9.40. The summed E-state index contributed by atoms with van der Waals surface area (Å²) in [5, 5.41) is 9.26. The Kier molecular flexibility index (Phi) is 6.67. The first-order valence-corrected chi connectivity index (χ1v) is 8.33. The fourth-order valence-electron chi connectivity index (χ4n) is 1.94. The van der Waals surface area contributed by atoms with Crippen LogP contribution in [0.5, 0.6) is 0 Å². The van der Waals surface area contributed by atoms with Crippen molar-refractivity contribution in [3.63, 3.8) is 0 Å². The van der Waals surface area contributed by atoms with Crippen molar-refractivity contribution in [2.24, 2.45) is 0 Å². The van der Waals surface area contributed by atoms with E-state index >= 15 is 0 Å². The van der Waals surface area contributed by atoms with Crippen LogP contribution in [-0.4, -0.2) is 50.2 Å². The molecule has 6 nitrogen and oxygen atoms in total. The number of rotatable bonds is 9. The number of aryl methyl sites for hydroxylation is 1. The normalized spacial score (nSPS) is 12.2. The highest BCUT2D eigenvalue weighted by atomic mass is 32.2. The molecule has 20 heavy (non-hydrogen) atoms. The summed E-state index contributed by atoms with van der Waals surface area (Å²) < 4.78 is 28.7. The van der Waals surface area contributed by atoms with Gasteiger partial charge >= 0.3 is 0 Å². The minimum atomic E-state index is -3.49. The van der Waals surface area contributed by atoms with Crippen LogP contribution in [0.2, 0.25) is 0 Å². The van der Waals surface area contributed by atoms with E-state index in [-0.39, 0.29) is 11.5 Å². The van der Waals surface area contributed by atoms with Crippen molar-refractivity contribution in [3.8, 4) is 0 Å². The van der Waals surface area contributed by atoms with Crippen LogP contribution in [0.15, 0.2) is 17.2 Å². The number of aliphatic hydroxyl groups excluding tert-OH is 1. The number of hydrogen-bond acceptors (Lipinski definition) is 4. The molecule has 0 radical (unpaired) electrons. The molecule has 0 fully saturated rings. The number of nitrogens with one attached hydrogen (secondary N) is 1. The molecule has 0 aliphatic rings. The van der Waals surface area contributed by atoms with Gasteiger partial charge in [0.25, 0.3) is 0 Å². The molecule has 0 unspecified atom stereocenters. The maximum atomic E-state index is 12.1. The smallest absolute Gasteiger partial charge is 0.242 e. The lowest BCUT2D eigenvalue weighted by atomic mass is 10.4. The van der Waals surface area contributed by atoms with Crippen molar-refractivity contribution in [1.29, 1.82) is 0 Å². The molecule has 1 aromatic heterocycles. The molecule has 116 valence electrons. The van der Waals surface area contributed by atoms with Gasteiger partial charge in [0.1, 0.15) is 0 Å².